The molecule has 1 aliphatic rings. The van der Waals surface area contributed by atoms with Crippen LogP contribution in [0, 0.1) is 10.1 Å². The van der Waals surface area contributed by atoms with Crippen molar-refractivity contribution in [2.45, 2.75) is 18.1 Å². The zero-order valence-corrected chi connectivity index (χ0v) is 19.8. The molecule has 0 bridgehead atoms. The Labute approximate surface area is 203 Å². The molecule has 3 aromatic rings. The number of hydrogen-bond acceptors (Lipinski definition) is 9. The number of nitrogens with zero attached hydrogens (tertiary/aromatic N) is 5. The van der Waals surface area contributed by atoms with Gasteiger partial charge in [-0.05, 0) is 11.1 Å². The Morgan fingerprint density at radius 1 is 0.882 bits per heavy atom. The van der Waals surface area contributed by atoms with Crippen molar-refractivity contribution in [1.29, 1.82) is 0 Å². The van der Waals surface area contributed by atoms with Crippen molar-refractivity contribution >= 4 is 29.1 Å². The highest BCUT2D eigenvalue weighted by atomic mass is 32.2. The second-order valence-corrected chi connectivity index (χ2v) is 9.37. The first-order valence-electron chi connectivity index (χ1n) is 11.2. The summed E-state index contributed by atoms with van der Waals surface area (Å²) >= 11 is 1.57. The molecule has 0 saturated carbocycles. The number of hydrogen-bond donors (Lipinski definition) is 2. The molecule has 4 N–H and O–H groups in total. The first kappa shape index (κ1) is 23.9. The quantitative estimate of drug-likeness (QED) is 0.206. The van der Waals surface area contributed by atoms with Crippen molar-refractivity contribution in [3.05, 3.63) is 81.4 Å². The molecule has 4 rings (SSSR count). The maximum Gasteiger partial charge on any atom is 0.269 e. The molecule has 1 aromatic heterocycles. The van der Waals surface area contributed by atoms with E-state index in [9.17, 15) is 10.1 Å². The van der Waals surface area contributed by atoms with Crippen molar-refractivity contribution in [2.75, 3.05) is 49.9 Å². The van der Waals surface area contributed by atoms with E-state index in [4.69, 9.17) is 11.5 Å². The number of nitro groups is 1. The van der Waals surface area contributed by atoms with E-state index < -0.39 is 0 Å². The van der Waals surface area contributed by atoms with Gasteiger partial charge in [0.2, 0.25) is 0 Å². The normalized spacial score (nSPS) is 14.8. The highest BCUT2D eigenvalue weighted by molar-refractivity contribution is 7.99. The SMILES string of the molecule is Nc1nc(SCCN2CCN(Cc3ccc([N+](=O)[O-])cc3)CC2)nc(N)c1Cc1ccccc1. The van der Waals surface area contributed by atoms with Crippen LogP contribution in [-0.2, 0) is 13.0 Å². The van der Waals surface area contributed by atoms with Crippen LogP contribution in [0.5, 0.6) is 0 Å². The second-order valence-electron chi connectivity index (χ2n) is 8.31. The molecule has 1 aliphatic heterocycles. The fourth-order valence-electron chi connectivity index (χ4n) is 3.96. The summed E-state index contributed by atoms with van der Waals surface area (Å²) in [4.78, 5) is 24.2. The summed E-state index contributed by atoms with van der Waals surface area (Å²) in [5.74, 6) is 1.75. The lowest BCUT2D eigenvalue weighted by atomic mass is 10.1. The molecular formula is C24H29N7O2S. The highest BCUT2D eigenvalue weighted by Gasteiger charge is 2.18. The minimum atomic E-state index is -0.368. The Morgan fingerprint density at radius 2 is 1.50 bits per heavy atom. The maximum atomic E-state index is 10.8. The van der Waals surface area contributed by atoms with Crippen molar-refractivity contribution in [3.63, 3.8) is 0 Å². The third-order valence-corrected chi connectivity index (χ3v) is 6.76. The summed E-state index contributed by atoms with van der Waals surface area (Å²) < 4.78 is 0. The maximum absolute atomic E-state index is 10.8. The van der Waals surface area contributed by atoms with E-state index in [0.717, 1.165) is 61.7 Å². The number of nitrogens with two attached hydrogens (primary N) is 2. The highest BCUT2D eigenvalue weighted by Crippen LogP contribution is 2.24. The van der Waals surface area contributed by atoms with E-state index in [2.05, 4.69) is 19.8 Å². The summed E-state index contributed by atoms with van der Waals surface area (Å²) in [5, 5.41) is 11.4. The van der Waals surface area contributed by atoms with Crippen LogP contribution in [0.2, 0.25) is 0 Å². The molecule has 10 heteroatoms. The first-order valence-corrected chi connectivity index (χ1v) is 12.2. The number of aromatic nitrogens is 2. The van der Waals surface area contributed by atoms with Gasteiger partial charge in [0.05, 0.1) is 4.92 Å². The Kier molecular flexibility index (Phi) is 7.94. The van der Waals surface area contributed by atoms with Gasteiger partial charge in [-0.2, -0.15) is 0 Å². The van der Waals surface area contributed by atoms with Crippen LogP contribution in [0.4, 0.5) is 17.3 Å². The van der Waals surface area contributed by atoms with E-state index in [-0.39, 0.29) is 10.6 Å². The number of rotatable bonds is 9. The number of thioether (sulfide) groups is 1. The summed E-state index contributed by atoms with van der Waals surface area (Å²) in [7, 11) is 0. The van der Waals surface area contributed by atoms with Gasteiger partial charge in [-0.25, -0.2) is 9.97 Å². The van der Waals surface area contributed by atoms with Crippen LogP contribution in [0.25, 0.3) is 0 Å². The third-order valence-electron chi connectivity index (χ3n) is 5.93. The van der Waals surface area contributed by atoms with E-state index in [0.29, 0.717) is 23.2 Å². The Hall–Kier alpha value is -3.21. The molecule has 9 nitrogen and oxygen atoms in total. The lowest BCUT2D eigenvalue weighted by molar-refractivity contribution is -0.384. The van der Waals surface area contributed by atoms with Gasteiger partial charge >= 0.3 is 0 Å². The topological polar surface area (TPSA) is 127 Å². The summed E-state index contributed by atoms with van der Waals surface area (Å²) in [6, 6.07) is 16.8. The standard InChI is InChI=1S/C24H29N7O2S/c25-22-21(16-18-4-2-1-3-5-18)23(26)28-24(27-22)34-15-14-29-10-12-30(13-11-29)17-19-6-8-20(9-7-19)31(32)33/h1-9H,10-17H2,(H4,25,26,27,28). The number of benzene rings is 2. The minimum absolute atomic E-state index is 0.129. The summed E-state index contributed by atoms with van der Waals surface area (Å²) in [5.41, 5.74) is 15.5. The summed E-state index contributed by atoms with van der Waals surface area (Å²) in [6.07, 6.45) is 0.619. The van der Waals surface area contributed by atoms with Gasteiger partial charge < -0.3 is 11.5 Å². The molecule has 0 spiro atoms. The minimum Gasteiger partial charge on any atom is -0.383 e. The van der Waals surface area contributed by atoms with Gasteiger partial charge in [0.1, 0.15) is 11.6 Å². The fraction of sp³-hybridized carbons (Fsp3) is 0.333. The van der Waals surface area contributed by atoms with Crippen LogP contribution >= 0.6 is 11.8 Å². The average Bonchev–Trinajstić information content (AvgIpc) is 2.83. The van der Waals surface area contributed by atoms with Crippen molar-refractivity contribution < 1.29 is 4.92 Å². The van der Waals surface area contributed by atoms with E-state index in [1.165, 1.54) is 0 Å². The van der Waals surface area contributed by atoms with Crippen LogP contribution in [-0.4, -0.2) is 63.2 Å². The summed E-state index contributed by atoms with van der Waals surface area (Å²) in [6.45, 7) is 5.63. The van der Waals surface area contributed by atoms with Gasteiger partial charge in [-0.1, -0.05) is 54.2 Å². The zero-order valence-electron chi connectivity index (χ0n) is 19.0. The molecule has 1 fully saturated rings. The molecule has 1 saturated heterocycles. The molecule has 34 heavy (non-hydrogen) atoms. The lowest BCUT2D eigenvalue weighted by Gasteiger charge is -2.34. The monoisotopic (exact) mass is 479 g/mol. The Morgan fingerprint density at radius 3 is 2.12 bits per heavy atom. The predicted octanol–water partition coefficient (Wildman–Crippen LogP) is 3.05. The van der Waals surface area contributed by atoms with Crippen LogP contribution in [0.1, 0.15) is 16.7 Å². The lowest BCUT2D eigenvalue weighted by Crippen LogP contribution is -2.46. The fourth-order valence-corrected chi connectivity index (χ4v) is 4.82. The third kappa shape index (κ3) is 6.43. The smallest absolute Gasteiger partial charge is 0.269 e. The van der Waals surface area contributed by atoms with Gasteiger partial charge in [-0.3, -0.25) is 19.9 Å². The second kappa shape index (κ2) is 11.3. The van der Waals surface area contributed by atoms with Crippen molar-refractivity contribution in [2.24, 2.45) is 0 Å². The predicted molar refractivity (Wildman–Crippen MR) is 136 cm³/mol. The van der Waals surface area contributed by atoms with Gasteiger partial charge in [0.25, 0.3) is 5.69 Å². The Bertz CT molecular complexity index is 1080. The molecule has 0 radical (unpaired) electrons. The number of anilines is 2. The van der Waals surface area contributed by atoms with E-state index in [1.54, 1.807) is 23.9 Å². The van der Waals surface area contributed by atoms with E-state index >= 15 is 0 Å². The number of non-ortho nitro benzene ring substituents is 1. The Balaban J connectivity index is 1.21. The molecule has 0 aliphatic carbocycles. The van der Waals surface area contributed by atoms with Crippen LogP contribution in [0.15, 0.2) is 59.8 Å². The van der Waals surface area contributed by atoms with Crippen molar-refractivity contribution in [3.8, 4) is 0 Å². The molecular weight excluding hydrogens is 450 g/mol. The molecule has 0 amide bonds. The number of nitro benzene ring substituents is 1. The van der Waals surface area contributed by atoms with Crippen molar-refractivity contribution in [1.82, 2.24) is 19.8 Å². The average molecular weight is 480 g/mol. The largest absolute Gasteiger partial charge is 0.383 e. The van der Waals surface area contributed by atoms with Crippen LogP contribution in [0.3, 0.4) is 0 Å². The van der Waals surface area contributed by atoms with E-state index in [1.807, 2.05) is 42.5 Å². The van der Waals surface area contributed by atoms with Crippen LogP contribution < -0.4 is 11.5 Å². The molecule has 2 heterocycles. The molecule has 0 atom stereocenters. The number of nitrogen functional groups attached to an aromatic ring is 2. The van der Waals surface area contributed by atoms with Gasteiger partial charge in [-0.15, -0.1) is 0 Å². The zero-order chi connectivity index (χ0) is 23.9. The molecule has 178 valence electrons. The molecule has 2 aromatic carbocycles. The van der Waals surface area contributed by atoms with Gasteiger partial charge in [0, 0.05) is 69.1 Å². The van der Waals surface area contributed by atoms with Gasteiger partial charge in [0.15, 0.2) is 5.16 Å². The first-order chi connectivity index (χ1) is 16.5. The number of piperazine rings is 1. The molecule has 0 unspecified atom stereocenters.